The van der Waals surface area contributed by atoms with Crippen LogP contribution in [-0.2, 0) is 0 Å². The molecule has 1 aromatic carbocycles. The molecule has 1 aromatic heterocycles. The molecule has 2 saturated carbocycles. The molecule has 0 amide bonds. The number of benzene rings is 1. The number of nitrogens with zero attached hydrogens (tertiary/aromatic N) is 4. The van der Waals surface area contributed by atoms with Crippen molar-refractivity contribution in [3.8, 4) is 5.75 Å². The van der Waals surface area contributed by atoms with Crippen LogP contribution in [0.15, 0.2) is 30.6 Å². The van der Waals surface area contributed by atoms with Crippen LogP contribution in [0.2, 0.25) is 0 Å². The van der Waals surface area contributed by atoms with Crippen LogP contribution in [0, 0.1) is 0 Å². The van der Waals surface area contributed by atoms with Gasteiger partial charge in [-0.1, -0.05) is 0 Å². The van der Waals surface area contributed by atoms with Crippen molar-refractivity contribution in [3.05, 3.63) is 41.9 Å². The highest BCUT2D eigenvalue weighted by Crippen LogP contribution is 2.46. The molecular formula is C24H31F2N6O+. The Hall–Kier alpha value is -2.81. The second-order valence-electron chi connectivity index (χ2n) is 9.89. The smallest absolute Gasteiger partial charge is 0.253 e. The molecule has 5 rings (SSSR count). The zero-order valence-corrected chi connectivity index (χ0v) is 19.1. The number of rotatable bonds is 7. The molecule has 1 atom stereocenters. The highest BCUT2D eigenvalue weighted by atomic mass is 19.3. The molecule has 3 aliphatic rings. The highest BCUT2D eigenvalue weighted by Gasteiger charge is 2.54. The van der Waals surface area contributed by atoms with Crippen LogP contribution in [0.3, 0.4) is 0 Å². The van der Waals surface area contributed by atoms with E-state index in [-0.39, 0.29) is 11.1 Å². The van der Waals surface area contributed by atoms with Gasteiger partial charge in [-0.05, 0) is 57.7 Å². The molecule has 1 aliphatic heterocycles. The lowest BCUT2D eigenvalue weighted by Crippen LogP contribution is -2.59. The van der Waals surface area contributed by atoms with Crippen molar-refractivity contribution >= 4 is 17.2 Å². The first kappa shape index (κ1) is 22.0. The minimum atomic E-state index is -2.35. The normalized spacial score (nSPS) is 21.8. The van der Waals surface area contributed by atoms with Gasteiger partial charge in [0.2, 0.25) is 5.71 Å². The quantitative estimate of drug-likeness (QED) is 0.487. The van der Waals surface area contributed by atoms with Crippen LogP contribution >= 0.6 is 0 Å². The molecule has 9 heteroatoms. The fourth-order valence-electron chi connectivity index (χ4n) is 4.75. The molecule has 0 bridgehead atoms. The largest absolute Gasteiger partial charge is 0.488 e. The van der Waals surface area contributed by atoms with E-state index in [1.165, 1.54) is 6.33 Å². The second-order valence-corrected chi connectivity index (χ2v) is 9.89. The molecule has 1 saturated heterocycles. The van der Waals surface area contributed by atoms with E-state index in [2.05, 4.69) is 21.8 Å². The minimum Gasteiger partial charge on any atom is -0.488 e. The Morgan fingerprint density at radius 2 is 1.91 bits per heavy atom. The molecule has 1 unspecified atom stereocenters. The van der Waals surface area contributed by atoms with E-state index in [1.807, 2.05) is 23.1 Å². The molecule has 4 N–H and O–H groups in total. The standard InChI is InChI=1S/C24H30F2N6O/c1-15(22(25)26)32-10-9-31(13-24(32)7-8-24)20-12-19(29-14-30-20)21(28)17-11-16(3-4-18(17)27)33-23(2)5-6-23/h3-4,11-12,14-15,22,28H,5-10,13,27H2,1-2H3/p+1. The number of piperazine rings is 1. The number of aromatic nitrogens is 2. The molecule has 2 aliphatic carbocycles. The zero-order valence-electron chi connectivity index (χ0n) is 19.1. The molecule has 176 valence electrons. The topological polar surface area (TPSA) is 93.1 Å². The van der Waals surface area contributed by atoms with Gasteiger partial charge in [-0.3, -0.25) is 10.3 Å². The van der Waals surface area contributed by atoms with E-state index >= 15 is 0 Å². The van der Waals surface area contributed by atoms with Gasteiger partial charge in [0, 0.05) is 36.9 Å². The summed E-state index contributed by atoms with van der Waals surface area (Å²) in [6, 6.07) is 6.63. The summed E-state index contributed by atoms with van der Waals surface area (Å²) < 4.78 is 32.8. The number of alkyl halides is 2. The maximum Gasteiger partial charge on any atom is 0.253 e. The van der Waals surface area contributed by atoms with Crippen molar-refractivity contribution in [2.45, 2.75) is 63.1 Å². The number of halogens is 2. The number of nitrogen functional groups attached to an aromatic ring is 1. The van der Waals surface area contributed by atoms with Crippen LogP contribution in [0.25, 0.3) is 0 Å². The van der Waals surface area contributed by atoms with E-state index in [9.17, 15) is 8.78 Å². The molecule has 7 nitrogen and oxygen atoms in total. The summed E-state index contributed by atoms with van der Waals surface area (Å²) in [5.41, 5.74) is 8.18. The second kappa shape index (κ2) is 7.90. The molecule has 2 aromatic rings. The monoisotopic (exact) mass is 457 g/mol. The van der Waals surface area contributed by atoms with E-state index in [0.29, 0.717) is 42.3 Å². The summed E-state index contributed by atoms with van der Waals surface area (Å²) in [7, 11) is 0. The number of ether oxygens (including phenoxy) is 1. The lowest BCUT2D eigenvalue weighted by molar-refractivity contribution is -0.111. The Morgan fingerprint density at radius 1 is 1.15 bits per heavy atom. The van der Waals surface area contributed by atoms with Crippen molar-refractivity contribution in [2.24, 2.45) is 0 Å². The van der Waals surface area contributed by atoms with Crippen molar-refractivity contribution in [1.29, 1.82) is 0 Å². The van der Waals surface area contributed by atoms with Crippen LogP contribution in [0.5, 0.6) is 5.75 Å². The molecule has 0 radical (unpaired) electrons. The van der Waals surface area contributed by atoms with Crippen LogP contribution in [0.4, 0.5) is 20.3 Å². The zero-order chi connectivity index (χ0) is 23.4. The minimum absolute atomic E-state index is 0.104. The maximum atomic E-state index is 13.4. The van der Waals surface area contributed by atoms with Crippen molar-refractivity contribution in [3.63, 3.8) is 0 Å². The SMILES string of the molecule is CC(C(F)F)N1CCN(c2cc(C(=[NH2+])c3cc(OC4(C)CC4)ccc3N)ncn2)CC12CC2. The van der Waals surface area contributed by atoms with Gasteiger partial charge in [-0.2, -0.15) is 0 Å². The lowest BCUT2D eigenvalue weighted by Gasteiger charge is -2.45. The summed E-state index contributed by atoms with van der Waals surface area (Å²) in [4.78, 5) is 13.0. The van der Waals surface area contributed by atoms with Gasteiger partial charge in [0.25, 0.3) is 6.43 Å². The predicted molar refractivity (Wildman–Crippen MR) is 123 cm³/mol. The van der Waals surface area contributed by atoms with Gasteiger partial charge in [0.15, 0.2) is 0 Å². The van der Waals surface area contributed by atoms with Gasteiger partial charge in [0.1, 0.15) is 29.2 Å². The lowest BCUT2D eigenvalue weighted by atomic mass is 10.0. The summed E-state index contributed by atoms with van der Waals surface area (Å²) >= 11 is 0. The number of anilines is 2. The molecule has 2 heterocycles. The maximum absolute atomic E-state index is 13.4. The van der Waals surface area contributed by atoms with Crippen molar-refractivity contribution < 1.29 is 18.9 Å². The molecule has 33 heavy (non-hydrogen) atoms. The molecule has 1 spiro atoms. The summed E-state index contributed by atoms with van der Waals surface area (Å²) in [5, 5.41) is 6.51. The van der Waals surface area contributed by atoms with Crippen LogP contribution < -0.4 is 20.8 Å². The Labute approximate surface area is 192 Å². The third-order valence-corrected chi connectivity index (χ3v) is 7.27. The van der Waals surface area contributed by atoms with Crippen LogP contribution in [0.1, 0.15) is 50.8 Å². The molecule has 3 fully saturated rings. The third-order valence-electron chi connectivity index (χ3n) is 7.27. The fourth-order valence-corrected chi connectivity index (χ4v) is 4.75. The average molecular weight is 458 g/mol. The van der Waals surface area contributed by atoms with Crippen molar-refractivity contribution in [2.75, 3.05) is 30.3 Å². The van der Waals surface area contributed by atoms with Gasteiger partial charge in [-0.15, -0.1) is 0 Å². The van der Waals surface area contributed by atoms with E-state index in [0.717, 1.165) is 37.3 Å². The predicted octanol–water partition coefficient (Wildman–Crippen LogP) is 1.89. The van der Waals surface area contributed by atoms with Gasteiger partial charge < -0.3 is 15.4 Å². The van der Waals surface area contributed by atoms with Crippen LogP contribution in [-0.4, -0.2) is 63.8 Å². The third kappa shape index (κ3) is 4.26. The number of hydrogen-bond donors (Lipinski definition) is 2. The summed E-state index contributed by atoms with van der Waals surface area (Å²) in [5.74, 6) is 1.48. The fraction of sp³-hybridized carbons (Fsp3) is 0.542. The first-order valence-corrected chi connectivity index (χ1v) is 11.5. The van der Waals surface area contributed by atoms with E-state index < -0.39 is 12.5 Å². The Balaban J connectivity index is 1.35. The van der Waals surface area contributed by atoms with Gasteiger partial charge in [-0.25, -0.2) is 18.7 Å². The number of hydrogen-bond acceptors (Lipinski definition) is 6. The Morgan fingerprint density at radius 3 is 2.58 bits per heavy atom. The highest BCUT2D eigenvalue weighted by molar-refractivity contribution is 6.11. The first-order valence-electron chi connectivity index (χ1n) is 11.5. The average Bonchev–Trinajstić information content (AvgIpc) is 3.73. The van der Waals surface area contributed by atoms with E-state index in [1.54, 1.807) is 13.0 Å². The Kier molecular flexibility index (Phi) is 5.27. The van der Waals surface area contributed by atoms with E-state index in [4.69, 9.17) is 15.9 Å². The van der Waals surface area contributed by atoms with Crippen molar-refractivity contribution in [1.82, 2.24) is 14.9 Å². The summed E-state index contributed by atoms with van der Waals surface area (Å²) in [6.07, 6.45) is 3.07. The Bertz CT molecular complexity index is 1070. The summed E-state index contributed by atoms with van der Waals surface area (Å²) in [6.45, 7) is 5.57. The number of nitrogens with two attached hydrogens (primary N) is 2. The first-order chi connectivity index (χ1) is 15.7. The van der Waals surface area contributed by atoms with Gasteiger partial charge >= 0.3 is 0 Å². The van der Waals surface area contributed by atoms with Gasteiger partial charge in [0.05, 0.1) is 11.6 Å². The molecular weight excluding hydrogens is 426 g/mol.